The molecule has 10 heteroatoms. The first-order chi connectivity index (χ1) is 11.6. The second-order valence-electron chi connectivity index (χ2n) is 5.39. The summed E-state index contributed by atoms with van der Waals surface area (Å²) in [7, 11) is 0. The third-order valence-corrected chi connectivity index (χ3v) is 5.97. The Kier molecular flexibility index (Phi) is 5.14. The maximum atomic E-state index is 12.2. The number of fused-ring (bicyclic) bond motifs is 1. The molecule has 0 bridgehead atoms. The third kappa shape index (κ3) is 3.44. The van der Waals surface area contributed by atoms with Crippen LogP contribution in [0.25, 0.3) is 0 Å². The van der Waals surface area contributed by atoms with Crippen LogP contribution in [0.2, 0.25) is 0 Å². The molecule has 1 aliphatic rings. The van der Waals surface area contributed by atoms with E-state index in [0.717, 1.165) is 36.1 Å². The van der Waals surface area contributed by atoms with Crippen molar-refractivity contribution < 1.29 is 9.59 Å². The molecule has 2 aromatic heterocycles. The van der Waals surface area contributed by atoms with E-state index in [1.807, 2.05) is 6.92 Å². The Morgan fingerprint density at radius 3 is 2.92 bits per heavy atom. The minimum atomic E-state index is -0.479. The minimum absolute atomic E-state index is 0.168. The molecule has 8 nitrogen and oxygen atoms in total. The molecule has 2 heterocycles. The second-order valence-corrected chi connectivity index (χ2v) is 7.44. The van der Waals surface area contributed by atoms with Crippen molar-refractivity contribution in [2.45, 2.75) is 44.3 Å². The lowest BCUT2D eigenvalue weighted by molar-refractivity contribution is -0.113. The maximum Gasteiger partial charge on any atom is 0.251 e. The van der Waals surface area contributed by atoms with E-state index in [0.29, 0.717) is 22.3 Å². The maximum absolute atomic E-state index is 12.2. The first-order valence-electron chi connectivity index (χ1n) is 7.73. The van der Waals surface area contributed by atoms with E-state index >= 15 is 0 Å². The number of aromatic nitrogens is 4. The lowest BCUT2D eigenvalue weighted by Gasteiger charge is -2.11. The van der Waals surface area contributed by atoms with Crippen molar-refractivity contribution in [1.29, 1.82) is 0 Å². The van der Waals surface area contributed by atoms with Crippen molar-refractivity contribution in [1.82, 2.24) is 20.2 Å². The Balaban J connectivity index is 1.70. The topological polar surface area (TPSA) is 116 Å². The van der Waals surface area contributed by atoms with Gasteiger partial charge in [-0.15, -0.1) is 16.4 Å². The number of rotatable bonds is 6. The van der Waals surface area contributed by atoms with Crippen LogP contribution >= 0.6 is 23.1 Å². The number of nitrogens with one attached hydrogen (secondary N) is 1. The molecule has 2 aromatic rings. The quantitative estimate of drug-likeness (QED) is 0.748. The van der Waals surface area contributed by atoms with Gasteiger partial charge in [-0.25, -0.2) is 4.68 Å². The molecule has 0 aliphatic heterocycles. The zero-order valence-corrected chi connectivity index (χ0v) is 14.9. The summed E-state index contributed by atoms with van der Waals surface area (Å²) >= 11 is 2.72. The zero-order valence-electron chi connectivity index (χ0n) is 13.2. The number of primary amides is 1. The van der Waals surface area contributed by atoms with Gasteiger partial charge in [-0.05, 0) is 48.6 Å². The standard InChI is InChI=1S/C14H18N6O2S2/c1-2-20-14(17-18-19-20)23-7-10(21)16-13-11(12(15)22)8-5-3-4-6-9(8)24-13/h2-7H2,1H3,(H2,15,22)(H,16,21). The van der Waals surface area contributed by atoms with Crippen molar-refractivity contribution >= 4 is 39.9 Å². The number of aryl methyl sites for hydroxylation is 2. The molecule has 128 valence electrons. The number of anilines is 1. The highest BCUT2D eigenvalue weighted by molar-refractivity contribution is 7.99. The van der Waals surface area contributed by atoms with Gasteiger partial charge in [0.1, 0.15) is 5.00 Å². The van der Waals surface area contributed by atoms with E-state index in [1.54, 1.807) is 4.68 Å². The number of thioether (sulfide) groups is 1. The first-order valence-corrected chi connectivity index (χ1v) is 9.53. The number of tetrazole rings is 1. The fourth-order valence-corrected chi connectivity index (χ4v) is 4.76. The molecule has 1 aliphatic carbocycles. The van der Waals surface area contributed by atoms with Gasteiger partial charge in [0.25, 0.3) is 5.91 Å². The number of nitrogens with two attached hydrogens (primary N) is 1. The summed E-state index contributed by atoms with van der Waals surface area (Å²) in [5, 5.41) is 15.3. The summed E-state index contributed by atoms with van der Waals surface area (Å²) in [5.74, 6) is -0.514. The fraction of sp³-hybridized carbons (Fsp3) is 0.500. The Morgan fingerprint density at radius 2 is 2.17 bits per heavy atom. The molecule has 0 saturated carbocycles. The van der Waals surface area contributed by atoms with Crippen molar-refractivity contribution in [2.75, 3.05) is 11.1 Å². The van der Waals surface area contributed by atoms with Crippen LogP contribution in [0.3, 0.4) is 0 Å². The number of hydrogen-bond acceptors (Lipinski definition) is 7. The highest BCUT2D eigenvalue weighted by atomic mass is 32.2. The second kappa shape index (κ2) is 7.31. The number of carbonyl (C=O) groups excluding carboxylic acids is 2. The van der Waals surface area contributed by atoms with Crippen molar-refractivity contribution in [3.63, 3.8) is 0 Å². The van der Waals surface area contributed by atoms with Crippen LogP contribution in [0.15, 0.2) is 5.16 Å². The van der Waals surface area contributed by atoms with E-state index in [2.05, 4.69) is 20.8 Å². The van der Waals surface area contributed by atoms with E-state index in [9.17, 15) is 9.59 Å². The molecule has 3 rings (SSSR count). The normalized spacial score (nSPS) is 13.5. The third-order valence-electron chi connectivity index (χ3n) is 3.80. The molecule has 0 unspecified atom stereocenters. The molecule has 2 amide bonds. The van der Waals surface area contributed by atoms with Gasteiger partial charge >= 0.3 is 0 Å². The first kappa shape index (κ1) is 16.9. The van der Waals surface area contributed by atoms with Gasteiger partial charge in [0, 0.05) is 11.4 Å². The molecular formula is C14H18N6O2S2. The number of thiophene rings is 1. The van der Waals surface area contributed by atoms with E-state index in [1.165, 1.54) is 23.1 Å². The van der Waals surface area contributed by atoms with Crippen LogP contribution in [0.1, 0.15) is 40.6 Å². The van der Waals surface area contributed by atoms with Gasteiger partial charge in [0.15, 0.2) is 0 Å². The summed E-state index contributed by atoms with van der Waals surface area (Å²) in [6.45, 7) is 2.57. The largest absolute Gasteiger partial charge is 0.365 e. The van der Waals surface area contributed by atoms with E-state index in [4.69, 9.17) is 5.73 Å². The van der Waals surface area contributed by atoms with Gasteiger partial charge in [-0.2, -0.15) is 0 Å². The SMILES string of the molecule is CCn1nnnc1SCC(=O)Nc1sc2c(c1C(N)=O)CCCC2. The summed E-state index contributed by atoms with van der Waals surface area (Å²) in [6, 6.07) is 0. The predicted molar refractivity (Wildman–Crippen MR) is 92.3 cm³/mol. The lowest BCUT2D eigenvalue weighted by Crippen LogP contribution is -2.19. The average Bonchev–Trinajstić information content (AvgIpc) is 3.16. The minimum Gasteiger partial charge on any atom is -0.365 e. The Hall–Kier alpha value is -1.94. The number of nitrogens with zero attached hydrogens (tertiary/aromatic N) is 4. The number of carbonyl (C=O) groups is 2. The van der Waals surface area contributed by atoms with Crippen LogP contribution in [-0.2, 0) is 24.2 Å². The van der Waals surface area contributed by atoms with Gasteiger partial charge < -0.3 is 11.1 Å². The van der Waals surface area contributed by atoms with Gasteiger partial charge in [0.2, 0.25) is 11.1 Å². The Labute approximate surface area is 147 Å². The smallest absolute Gasteiger partial charge is 0.251 e. The molecular weight excluding hydrogens is 348 g/mol. The van der Waals surface area contributed by atoms with Crippen LogP contribution in [-0.4, -0.2) is 37.8 Å². The van der Waals surface area contributed by atoms with Gasteiger partial charge in [0.05, 0.1) is 11.3 Å². The number of amides is 2. The zero-order chi connectivity index (χ0) is 17.1. The molecule has 0 saturated heterocycles. The van der Waals surface area contributed by atoms with Crippen molar-refractivity contribution in [2.24, 2.45) is 5.73 Å². The predicted octanol–water partition coefficient (Wildman–Crippen LogP) is 1.46. The Bertz CT molecular complexity index is 769. The molecule has 24 heavy (non-hydrogen) atoms. The fourth-order valence-electron chi connectivity index (χ4n) is 2.71. The molecule has 0 aromatic carbocycles. The van der Waals surface area contributed by atoms with Crippen molar-refractivity contribution in [3.05, 3.63) is 16.0 Å². The van der Waals surface area contributed by atoms with Crippen LogP contribution in [0.5, 0.6) is 0 Å². The van der Waals surface area contributed by atoms with Crippen molar-refractivity contribution in [3.8, 4) is 0 Å². The van der Waals surface area contributed by atoms with Crippen LogP contribution < -0.4 is 11.1 Å². The molecule has 0 atom stereocenters. The highest BCUT2D eigenvalue weighted by Gasteiger charge is 2.25. The van der Waals surface area contributed by atoms with Crippen LogP contribution in [0, 0.1) is 0 Å². The summed E-state index contributed by atoms with van der Waals surface area (Å²) in [4.78, 5) is 25.2. The lowest BCUT2D eigenvalue weighted by atomic mass is 9.95. The summed E-state index contributed by atoms with van der Waals surface area (Å²) in [5.41, 5.74) is 7.02. The highest BCUT2D eigenvalue weighted by Crippen LogP contribution is 2.37. The van der Waals surface area contributed by atoms with Gasteiger partial charge in [-0.3, -0.25) is 9.59 Å². The van der Waals surface area contributed by atoms with E-state index < -0.39 is 5.91 Å². The molecule has 0 radical (unpaired) electrons. The van der Waals surface area contributed by atoms with E-state index in [-0.39, 0.29) is 11.7 Å². The monoisotopic (exact) mass is 366 g/mol. The molecule has 0 spiro atoms. The summed E-state index contributed by atoms with van der Waals surface area (Å²) in [6.07, 6.45) is 3.94. The van der Waals surface area contributed by atoms with Gasteiger partial charge in [-0.1, -0.05) is 11.8 Å². The molecule has 3 N–H and O–H groups in total. The Morgan fingerprint density at radius 1 is 1.38 bits per heavy atom. The summed E-state index contributed by atoms with van der Waals surface area (Å²) < 4.78 is 1.62. The molecule has 0 fully saturated rings. The number of hydrogen-bond donors (Lipinski definition) is 2. The average molecular weight is 366 g/mol. The van der Waals surface area contributed by atoms with Crippen LogP contribution in [0.4, 0.5) is 5.00 Å².